The highest BCUT2D eigenvalue weighted by atomic mass is 35.5. The highest BCUT2D eigenvalue weighted by Gasteiger charge is 2.17. The first-order valence-electron chi connectivity index (χ1n) is 5.34. The molecule has 0 saturated carbocycles. The van der Waals surface area contributed by atoms with E-state index in [9.17, 15) is 9.59 Å². The molecule has 108 valence electrons. The lowest BCUT2D eigenvalue weighted by Gasteiger charge is -2.16. The molecular formula is C10H21ClN2O4S. The third-order valence-corrected chi connectivity index (χ3v) is 3.10. The molecule has 1 atom stereocenters. The SMILES string of the molecule is CC(=O)N[C@@H](CS[13CH2][13CH2]N(C)[13CH2][13CH2]O)C(=O)O.Cl. The van der Waals surface area contributed by atoms with Gasteiger partial charge in [0, 0.05) is 31.5 Å². The molecule has 0 aliphatic rings. The van der Waals surface area contributed by atoms with Gasteiger partial charge in [-0.2, -0.15) is 11.8 Å². The molecule has 0 saturated heterocycles. The Bertz CT molecular complexity index is 256. The molecule has 0 aliphatic heterocycles. The second-order valence-corrected chi connectivity index (χ2v) is 4.84. The number of rotatable bonds is 9. The summed E-state index contributed by atoms with van der Waals surface area (Å²) in [6.45, 7) is 2.80. The summed E-state index contributed by atoms with van der Waals surface area (Å²) in [5.41, 5.74) is 0. The monoisotopic (exact) mass is 304 g/mol. The van der Waals surface area contributed by atoms with Gasteiger partial charge in [-0.25, -0.2) is 4.79 Å². The molecular weight excluding hydrogens is 284 g/mol. The molecule has 6 nitrogen and oxygen atoms in total. The van der Waals surface area contributed by atoms with E-state index in [-0.39, 0.29) is 24.9 Å². The second-order valence-electron chi connectivity index (χ2n) is 3.69. The van der Waals surface area contributed by atoms with Gasteiger partial charge in [-0.1, -0.05) is 0 Å². The lowest BCUT2D eigenvalue weighted by atomic mass is 10.3. The lowest BCUT2D eigenvalue weighted by molar-refractivity contribution is -0.140. The molecule has 1 amide bonds. The van der Waals surface area contributed by atoms with Gasteiger partial charge < -0.3 is 20.4 Å². The van der Waals surface area contributed by atoms with Gasteiger partial charge in [-0.05, 0) is 7.05 Å². The van der Waals surface area contributed by atoms with Crippen molar-refractivity contribution in [2.24, 2.45) is 0 Å². The molecule has 0 aromatic carbocycles. The zero-order valence-corrected chi connectivity index (χ0v) is 12.2. The minimum atomic E-state index is -1.02. The van der Waals surface area contributed by atoms with Gasteiger partial charge in [0.15, 0.2) is 0 Å². The third kappa shape index (κ3) is 10.6. The van der Waals surface area contributed by atoms with Crippen molar-refractivity contribution in [1.82, 2.24) is 10.2 Å². The minimum absolute atomic E-state index is 0. The van der Waals surface area contributed by atoms with Gasteiger partial charge in [0.2, 0.25) is 5.91 Å². The lowest BCUT2D eigenvalue weighted by Crippen LogP contribution is -2.41. The summed E-state index contributed by atoms with van der Waals surface area (Å²) in [5.74, 6) is -0.242. The fourth-order valence-electron chi connectivity index (χ4n) is 1.12. The van der Waals surface area contributed by atoms with E-state index >= 15 is 0 Å². The maximum Gasteiger partial charge on any atom is 0.327 e. The van der Waals surface area contributed by atoms with Crippen LogP contribution in [0.15, 0.2) is 0 Å². The number of hydrogen-bond donors (Lipinski definition) is 3. The molecule has 0 heterocycles. The topological polar surface area (TPSA) is 89.9 Å². The van der Waals surface area contributed by atoms with Crippen LogP contribution in [0.25, 0.3) is 0 Å². The average Bonchev–Trinajstić information content (AvgIpc) is 2.22. The van der Waals surface area contributed by atoms with Crippen LogP contribution in [-0.4, -0.2) is 71.3 Å². The molecule has 0 aromatic heterocycles. The largest absolute Gasteiger partial charge is 0.480 e. The van der Waals surface area contributed by atoms with Crippen LogP contribution < -0.4 is 5.32 Å². The number of aliphatic hydroxyl groups excluding tert-OH is 1. The molecule has 0 aromatic rings. The number of aliphatic hydroxyl groups is 1. The second kappa shape index (κ2) is 11.6. The van der Waals surface area contributed by atoms with Crippen molar-refractivity contribution in [3.05, 3.63) is 0 Å². The molecule has 8 heteroatoms. The number of nitrogens with one attached hydrogen (secondary N) is 1. The summed E-state index contributed by atoms with van der Waals surface area (Å²) >= 11 is 1.47. The summed E-state index contributed by atoms with van der Waals surface area (Å²) in [4.78, 5) is 23.5. The summed E-state index contributed by atoms with van der Waals surface area (Å²) < 4.78 is 0. The summed E-state index contributed by atoms with van der Waals surface area (Å²) in [6.07, 6.45) is 0. The summed E-state index contributed by atoms with van der Waals surface area (Å²) in [7, 11) is 1.89. The van der Waals surface area contributed by atoms with Crippen LogP contribution in [-0.2, 0) is 9.59 Å². The Morgan fingerprint density at radius 2 is 2.00 bits per heavy atom. The van der Waals surface area contributed by atoms with Gasteiger partial charge in [0.25, 0.3) is 0 Å². The zero-order valence-electron chi connectivity index (χ0n) is 10.6. The Labute approximate surface area is 118 Å². The molecule has 0 fully saturated rings. The number of aliphatic carboxylic acids is 1. The van der Waals surface area contributed by atoms with Crippen LogP contribution in [0.3, 0.4) is 0 Å². The van der Waals surface area contributed by atoms with Crippen LogP contribution >= 0.6 is 24.2 Å². The smallest absolute Gasteiger partial charge is 0.327 e. The summed E-state index contributed by atoms with van der Waals surface area (Å²) in [5, 5.41) is 19.9. The van der Waals surface area contributed by atoms with Crippen molar-refractivity contribution < 1.29 is 19.8 Å². The van der Waals surface area contributed by atoms with Crippen molar-refractivity contribution in [1.29, 1.82) is 0 Å². The summed E-state index contributed by atoms with van der Waals surface area (Å²) in [6, 6.07) is -0.833. The highest BCUT2D eigenvalue weighted by molar-refractivity contribution is 7.99. The Kier molecular flexibility index (Phi) is 12.8. The van der Waals surface area contributed by atoms with Gasteiger partial charge in [0.1, 0.15) is 6.04 Å². The maximum absolute atomic E-state index is 10.8. The highest BCUT2D eigenvalue weighted by Crippen LogP contribution is 2.04. The quantitative estimate of drug-likeness (QED) is 0.399. The first kappa shape index (κ1) is 19.8. The Balaban J connectivity index is 0. The third-order valence-electron chi connectivity index (χ3n) is 2.06. The predicted molar refractivity (Wildman–Crippen MR) is 74.4 cm³/mol. The molecule has 0 aliphatic carbocycles. The molecule has 18 heavy (non-hydrogen) atoms. The van der Waals surface area contributed by atoms with Gasteiger partial charge in [-0.15, -0.1) is 12.4 Å². The number of amides is 1. The van der Waals surface area contributed by atoms with E-state index in [0.717, 1.165) is 12.3 Å². The molecule has 3 N–H and O–H groups in total. The Morgan fingerprint density at radius 1 is 1.39 bits per heavy atom. The molecule has 0 rings (SSSR count). The van der Waals surface area contributed by atoms with Gasteiger partial charge >= 0.3 is 5.97 Å². The van der Waals surface area contributed by atoms with Crippen LogP contribution in [0.4, 0.5) is 0 Å². The number of carbonyl (C=O) groups is 2. The van der Waals surface area contributed by atoms with E-state index in [4.69, 9.17) is 10.2 Å². The van der Waals surface area contributed by atoms with E-state index in [1.165, 1.54) is 18.7 Å². The van der Waals surface area contributed by atoms with E-state index in [1.807, 2.05) is 11.9 Å². The van der Waals surface area contributed by atoms with Crippen molar-refractivity contribution in [2.75, 3.05) is 38.2 Å². The van der Waals surface area contributed by atoms with Crippen LogP contribution in [0, 0.1) is 0 Å². The standard InChI is InChI=1S/C10H20N2O4S.ClH/c1-8(14)11-9(10(15)16)7-17-6-4-12(2)3-5-13;/h9,13H,3-7H2,1-2H3,(H,11,14)(H,15,16);1H/t9-;/m0./s1/i3+1,4+1,5+1,6+1;. The van der Waals surface area contributed by atoms with Crippen molar-refractivity contribution in [3.63, 3.8) is 0 Å². The number of carboxylic acids is 1. The average molecular weight is 305 g/mol. The predicted octanol–water partition coefficient (Wildman–Crippen LogP) is -0.345. The number of thioether (sulfide) groups is 1. The zero-order chi connectivity index (χ0) is 13.3. The fourth-order valence-corrected chi connectivity index (χ4v) is 2.19. The number of hydrogen-bond acceptors (Lipinski definition) is 5. The number of likely N-dealkylation sites (N-methyl/N-ethyl adjacent to an activating group) is 1. The Hall–Kier alpha value is -0.500. The molecule has 0 unspecified atom stereocenters. The number of carbonyl (C=O) groups excluding carboxylic acids is 1. The van der Waals surface area contributed by atoms with Crippen LogP contribution in [0.1, 0.15) is 6.92 Å². The number of nitrogens with zero attached hydrogens (tertiary/aromatic N) is 1. The van der Waals surface area contributed by atoms with E-state index < -0.39 is 12.0 Å². The maximum atomic E-state index is 10.8. The van der Waals surface area contributed by atoms with Crippen LogP contribution in [0.2, 0.25) is 0 Å². The molecule has 0 radical (unpaired) electrons. The van der Waals surface area contributed by atoms with E-state index in [2.05, 4.69) is 5.32 Å². The Morgan fingerprint density at radius 3 is 2.44 bits per heavy atom. The van der Waals surface area contributed by atoms with Crippen molar-refractivity contribution in [2.45, 2.75) is 13.0 Å². The van der Waals surface area contributed by atoms with Crippen molar-refractivity contribution in [3.8, 4) is 0 Å². The van der Waals surface area contributed by atoms with E-state index in [1.54, 1.807) is 0 Å². The van der Waals surface area contributed by atoms with Gasteiger partial charge in [0.05, 0.1) is 6.61 Å². The number of halogens is 1. The number of carboxylic acid groups (broad SMARTS) is 1. The minimum Gasteiger partial charge on any atom is -0.480 e. The van der Waals surface area contributed by atoms with Crippen molar-refractivity contribution >= 4 is 36.0 Å². The van der Waals surface area contributed by atoms with E-state index in [0.29, 0.717) is 12.3 Å². The van der Waals surface area contributed by atoms with Crippen LogP contribution in [0.5, 0.6) is 0 Å². The normalized spacial score (nSPS) is 11.8. The fraction of sp³-hybridized carbons (Fsp3) is 0.800. The molecule has 0 spiro atoms. The first-order valence-corrected chi connectivity index (χ1v) is 6.50. The van der Waals surface area contributed by atoms with Gasteiger partial charge in [-0.3, -0.25) is 4.79 Å². The first-order chi connectivity index (χ1) is 7.97. The molecule has 0 bridgehead atoms.